The predicted octanol–water partition coefficient (Wildman–Crippen LogP) is 4.45. The Labute approximate surface area is 212 Å². The minimum Gasteiger partial charge on any atom is -0.399 e. The number of aryl methyl sites for hydroxylation is 2. The Morgan fingerprint density at radius 1 is 1.17 bits per heavy atom. The summed E-state index contributed by atoms with van der Waals surface area (Å²) in [6, 6.07) is 6.71. The van der Waals surface area contributed by atoms with Crippen LogP contribution in [-0.4, -0.2) is 58.8 Å². The van der Waals surface area contributed by atoms with Gasteiger partial charge < -0.3 is 5.73 Å². The zero-order valence-corrected chi connectivity index (χ0v) is 21.8. The van der Waals surface area contributed by atoms with E-state index < -0.39 is 0 Å². The summed E-state index contributed by atoms with van der Waals surface area (Å²) >= 11 is 0. The van der Waals surface area contributed by atoms with Crippen LogP contribution in [0.4, 0.5) is 0 Å². The molecule has 3 N–H and O–H groups in total. The van der Waals surface area contributed by atoms with Crippen molar-refractivity contribution in [2.45, 2.75) is 66.1 Å². The molecule has 0 radical (unpaired) electrons. The molecule has 0 aliphatic carbocycles. The third kappa shape index (κ3) is 4.55. The fourth-order valence-electron chi connectivity index (χ4n) is 5.33. The Morgan fingerprint density at radius 3 is 2.75 bits per heavy atom. The van der Waals surface area contributed by atoms with Crippen LogP contribution >= 0.6 is 0 Å². The van der Waals surface area contributed by atoms with E-state index in [0.717, 1.165) is 59.0 Å². The average Bonchev–Trinajstić information content (AvgIpc) is 3.61. The van der Waals surface area contributed by atoms with Gasteiger partial charge in [0, 0.05) is 42.3 Å². The molecular weight excluding hydrogens is 450 g/mol. The molecule has 2 unspecified atom stereocenters. The number of aromatic nitrogens is 7. The quantitative estimate of drug-likeness (QED) is 0.380. The average molecular weight is 488 g/mol. The van der Waals surface area contributed by atoms with Gasteiger partial charge in [0.2, 0.25) is 0 Å². The predicted molar refractivity (Wildman–Crippen MR) is 144 cm³/mol. The summed E-state index contributed by atoms with van der Waals surface area (Å²) in [6.45, 7) is 16.4. The second-order valence-corrected chi connectivity index (χ2v) is 10.0. The highest BCUT2D eigenvalue weighted by atomic mass is 15.3. The van der Waals surface area contributed by atoms with Crippen molar-refractivity contribution in [2.24, 2.45) is 11.7 Å². The third-order valence-electron chi connectivity index (χ3n) is 7.59. The van der Waals surface area contributed by atoms with Gasteiger partial charge in [0.25, 0.3) is 0 Å². The van der Waals surface area contributed by atoms with Crippen LogP contribution in [0.5, 0.6) is 0 Å². The Kier molecular flexibility index (Phi) is 6.66. The standard InChI is InChI=1S/C27H37N9/c1-6-20-9-8-18(4)34(16-20)10-11-36-24-14-21(19(5)28)13-22(23(24)15-29-36)26-30-27(32-31-26)25-12-17(3)33-35(25)7-2/h12-15,18,20H,5-11,16,28H2,1-4H3,(H,30,31,32). The second-order valence-electron chi connectivity index (χ2n) is 10.0. The molecule has 9 heteroatoms. The van der Waals surface area contributed by atoms with Crippen LogP contribution in [0.25, 0.3) is 39.5 Å². The molecular formula is C27H37N9. The number of benzene rings is 1. The lowest BCUT2D eigenvalue weighted by atomic mass is 9.91. The van der Waals surface area contributed by atoms with E-state index in [1.54, 1.807) is 0 Å². The lowest BCUT2D eigenvalue weighted by Crippen LogP contribution is -2.43. The van der Waals surface area contributed by atoms with E-state index >= 15 is 0 Å². The summed E-state index contributed by atoms with van der Waals surface area (Å²) in [5, 5.41) is 18.0. The van der Waals surface area contributed by atoms with Crippen molar-refractivity contribution in [3.05, 3.63) is 42.2 Å². The molecule has 2 atom stereocenters. The highest BCUT2D eigenvalue weighted by Crippen LogP contribution is 2.31. The van der Waals surface area contributed by atoms with Crippen LogP contribution in [0.2, 0.25) is 0 Å². The number of piperidine rings is 1. The van der Waals surface area contributed by atoms with Gasteiger partial charge in [0.1, 0.15) is 5.69 Å². The van der Waals surface area contributed by atoms with Crippen molar-refractivity contribution >= 4 is 16.6 Å². The SMILES string of the molecule is C=C(N)c1cc(-c2n[nH]c(-c3cc(C)nn3CC)n2)c2cnn(CCN3CC(CC)CCC3C)c2c1. The first-order valence-corrected chi connectivity index (χ1v) is 13.0. The molecule has 36 heavy (non-hydrogen) atoms. The Morgan fingerprint density at radius 2 is 2.00 bits per heavy atom. The Bertz CT molecular complexity index is 1380. The molecule has 9 nitrogen and oxygen atoms in total. The molecule has 1 fully saturated rings. The summed E-state index contributed by atoms with van der Waals surface area (Å²) in [4.78, 5) is 7.45. The van der Waals surface area contributed by atoms with Gasteiger partial charge in [-0.25, -0.2) is 4.98 Å². The van der Waals surface area contributed by atoms with E-state index in [-0.39, 0.29) is 0 Å². The fourth-order valence-corrected chi connectivity index (χ4v) is 5.33. The molecule has 1 aliphatic heterocycles. The number of nitrogens with zero attached hydrogens (tertiary/aromatic N) is 7. The van der Waals surface area contributed by atoms with Gasteiger partial charge in [-0.2, -0.15) is 15.3 Å². The van der Waals surface area contributed by atoms with Gasteiger partial charge in [-0.05, 0) is 63.3 Å². The number of H-pyrrole nitrogens is 1. The first kappa shape index (κ1) is 24.2. The second kappa shape index (κ2) is 9.89. The van der Waals surface area contributed by atoms with E-state index in [0.29, 0.717) is 23.4 Å². The first-order chi connectivity index (χ1) is 17.4. The number of fused-ring (bicyclic) bond motifs is 1. The molecule has 3 aromatic heterocycles. The number of hydrogen-bond acceptors (Lipinski definition) is 6. The van der Waals surface area contributed by atoms with Gasteiger partial charge in [-0.15, -0.1) is 0 Å². The fraction of sp³-hybridized carbons (Fsp3) is 0.481. The molecule has 4 heterocycles. The van der Waals surface area contributed by atoms with Crippen molar-refractivity contribution in [2.75, 3.05) is 13.1 Å². The molecule has 0 spiro atoms. The van der Waals surface area contributed by atoms with Gasteiger partial charge in [0.15, 0.2) is 11.6 Å². The number of nitrogens with one attached hydrogen (secondary N) is 1. The molecule has 190 valence electrons. The van der Waals surface area contributed by atoms with Crippen LogP contribution in [0.3, 0.4) is 0 Å². The van der Waals surface area contributed by atoms with Crippen LogP contribution in [-0.2, 0) is 13.1 Å². The number of nitrogens with two attached hydrogens (primary N) is 1. The number of hydrogen-bond donors (Lipinski definition) is 2. The van der Waals surface area contributed by atoms with Crippen molar-refractivity contribution in [3.63, 3.8) is 0 Å². The van der Waals surface area contributed by atoms with E-state index in [1.807, 2.05) is 29.9 Å². The topological polar surface area (TPSA) is 106 Å². The summed E-state index contributed by atoms with van der Waals surface area (Å²) in [5.74, 6) is 2.09. The summed E-state index contributed by atoms with van der Waals surface area (Å²) in [7, 11) is 0. The lowest BCUT2D eigenvalue weighted by molar-refractivity contribution is 0.111. The molecule has 1 aromatic carbocycles. The van der Waals surface area contributed by atoms with Gasteiger partial charge in [0.05, 0.1) is 24.0 Å². The van der Waals surface area contributed by atoms with Gasteiger partial charge in [-0.1, -0.05) is 19.9 Å². The Hall–Kier alpha value is -3.46. The van der Waals surface area contributed by atoms with Crippen LogP contribution in [0.15, 0.2) is 31.0 Å². The normalized spacial score (nSPS) is 18.8. The van der Waals surface area contributed by atoms with Crippen molar-refractivity contribution < 1.29 is 0 Å². The molecule has 4 aromatic rings. The first-order valence-electron chi connectivity index (χ1n) is 13.0. The summed E-state index contributed by atoms with van der Waals surface area (Å²) in [6.07, 6.45) is 5.76. The van der Waals surface area contributed by atoms with Crippen LogP contribution in [0, 0.1) is 12.8 Å². The van der Waals surface area contributed by atoms with Crippen molar-refractivity contribution in [3.8, 4) is 22.9 Å². The highest BCUT2D eigenvalue weighted by molar-refractivity contribution is 5.95. The molecule has 0 amide bonds. The zero-order chi connectivity index (χ0) is 25.4. The van der Waals surface area contributed by atoms with Crippen LogP contribution < -0.4 is 5.73 Å². The van der Waals surface area contributed by atoms with E-state index in [1.165, 1.54) is 25.8 Å². The largest absolute Gasteiger partial charge is 0.399 e. The maximum atomic E-state index is 6.15. The molecule has 1 aliphatic rings. The minimum atomic E-state index is 0.511. The van der Waals surface area contributed by atoms with Gasteiger partial charge >= 0.3 is 0 Å². The smallest absolute Gasteiger partial charge is 0.182 e. The van der Waals surface area contributed by atoms with Crippen molar-refractivity contribution in [1.29, 1.82) is 0 Å². The molecule has 0 saturated carbocycles. The zero-order valence-electron chi connectivity index (χ0n) is 21.8. The summed E-state index contributed by atoms with van der Waals surface area (Å²) < 4.78 is 4.01. The number of rotatable bonds is 8. The maximum absolute atomic E-state index is 6.15. The minimum absolute atomic E-state index is 0.511. The molecule has 0 bridgehead atoms. The monoisotopic (exact) mass is 487 g/mol. The van der Waals surface area contributed by atoms with E-state index in [4.69, 9.17) is 15.8 Å². The van der Waals surface area contributed by atoms with Gasteiger partial charge in [-0.3, -0.25) is 19.4 Å². The van der Waals surface area contributed by atoms with Crippen LogP contribution in [0.1, 0.15) is 51.3 Å². The highest BCUT2D eigenvalue weighted by Gasteiger charge is 2.24. The van der Waals surface area contributed by atoms with E-state index in [9.17, 15) is 0 Å². The van der Waals surface area contributed by atoms with E-state index in [2.05, 4.69) is 58.3 Å². The Balaban J connectivity index is 1.48. The summed E-state index contributed by atoms with van der Waals surface area (Å²) in [5.41, 5.74) is 11.3. The molecule has 5 rings (SSSR count). The lowest BCUT2D eigenvalue weighted by Gasteiger charge is -2.37. The maximum Gasteiger partial charge on any atom is 0.182 e. The molecule has 1 saturated heterocycles. The third-order valence-corrected chi connectivity index (χ3v) is 7.59. The van der Waals surface area contributed by atoms with Crippen molar-refractivity contribution in [1.82, 2.24) is 39.6 Å². The number of aromatic amines is 1. The number of likely N-dealkylation sites (tertiary alicyclic amines) is 1.